The highest BCUT2D eigenvalue weighted by atomic mass is 16.3. The summed E-state index contributed by atoms with van der Waals surface area (Å²) in [6, 6.07) is 7.11. The third-order valence-corrected chi connectivity index (χ3v) is 1.85. The molecule has 0 atom stereocenters. The van der Waals surface area contributed by atoms with Gasteiger partial charge in [-0.05, 0) is 29.8 Å². The smallest absolute Gasteiger partial charge is 0.115 e. The number of aliphatic imine (C=N–C) groups is 1. The number of phenolic OH excluding ortho intramolecular Hbond substituents is 1. The van der Waals surface area contributed by atoms with E-state index >= 15 is 0 Å². The predicted octanol–water partition coefficient (Wildman–Crippen LogP) is 2.10. The van der Waals surface area contributed by atoms with Crippen LogP contribution in [0.2, 0.25) is 0 Å². The summed E-state index contributed by atoms with van der Waals surface area (Å²) in [5.74, 6) is 0.297. The van der Waals surface area contributed by atoms with Crippen LogP contribution >= 0.6 is 0 Å². The van der Waals surface area contributed by atoms with Crippen molar-refractivity contribution in [1.29, 1.82) is 0 Å². The summed E-state index contributed by atoms with van der Waals surface area (Å²) in [6.07, 6.45) is 4.72. The number of nitrogens with zero attached hydrogens (tertiary/aromatic N) is 1. The second kappa shape index (κ2) is 2.81. The van der Waals surface area contributed by atoms with Crippen LogP contribution in [0.25, 0.3) is 0 Å². The molecule has 1 aromatic rings. The van der Waals surface area contributed by atoms with Crippen molar-refractivity contribution in [3.63, 3.8) is 0 Å². The van der Waals surface area contributed by atoms with Crippen LogP contribution in [0.3, 0.4) is 0 Å². The van der Waals surface area contributed by atoms with E-state index in [1.165, 1.54) is 0 Å². The molecule has 1 heterocycles. The van der Waals surface area contributed by atoms with Crippen molar-refractivity contribution in [2.45, 2.75) is 6.42 Å². The molecule has 0 bridgehead atoms. The lowest BCUT2D eigenvalue weighted by Crippen LogP contribution is -1.94. The first-order valence-electron chi connectivity index (χ1n) is 3.87. The van der Waals surface area contributed by atoms with Gasteiger partial charge in [0.25, 0.3) is 0 Å². The summed E-state index contributed by atoms with van der Waals surface area (Å²) in [6.45, 7) is 0. The fourth-order valence-electron chi connectivity index (χ4n) is 1.21. The molecule has 1 aliphatic heterocycles. The van der Waals surface area contributed by atoms with E-state index in [4.69, 9.17) is 5.11 Å². The van der Waals surface area contributed by atoms with Gasteiger partial charge in [-0.2, -0.15) is 0 Å². The Bertz CT molecular complexity index is 335. The minimum atomic E-state index is 0.297. The molecule has 1 N–H and O–H groups in total. The monoisotopic (exact) mass is 159 g/mol. The molecule has 0 saturated heterocycles. The van der Waals surface area contributed by atoms with E-state index < -0.39 is 0 Å². The van der Waals surface area contributed by atoms with Crippen LogP contribution < -0.4 is 0 Å². The molecule has 0 saturated carbocycles. The molecular formula is C10H9NO. The number of hydrogen-bond donors (Lipinski definition) is 1. The maximum absolute atomic E-state index is 9.04. The van der Waals surface area contributed by atoms with Gasteiger partial charge in [0.1, 0.15) is 5.75 Å². The predicted molar refractivity (Wildman–Crippen MR) is 48.4 cm³/mol. The van der Waals surface area contributed by atoms with Gasteiger partial charge in [0, 0.05) is 12.6 Å². The largest absolute Gasteiger partial charge is 0.508 e. The van der Waals surface area contributed by atoms with E-state index in [0.29, 0.717) is 5.75 Å². The quantitative estimate of drug-likeness (QED) is 0.668. The SMILES string of the molecule is Oc1ccc(C2=NC=CC2)cc1. The second-order valence-corrected chi connectivity index (χ2v) is 2.71. The molecule has 1 aliphatic rings. The van der Waals surface area contributed by atoms with Crippen LogP contribution in [0.5, 0.6) is 5.75 Å². The molecule has 12 heavy (non-hydrogen) atoms. The standard InChI is InChI=1S/C10H9NO/c12-9-5-3-8(4-6-9)10-2-1-7-11-10/h1,3-7,12H,2H2. The van der Waals surface area contributed by atoms with Gasteiger partial charge in [-0.1, -0.05) is 6.08 Å². The van der Waals surface area contributed by atoms with E-state index in [9.17, 15) is 0 Å². The van der Waals surface area contributed by atoms with Crippen molar-refractivity contribution in [3.05, 3.63) is 42.1 Å². The van der Waals surface area contributed by atoms with Crippen LogP contribution in [-0.2, 0) is 0 Å². The van der Waals surface area contributed by atoms with E-state index in [1.807, 2.05) is 24.4 Å². The van der Waals surface area contributed by atoms with Crippen LogP contribution in [-0.4, -0.2) is 10.8 Å². The minimum Gasteiger partial charge on any atom is -0.508 e. The molecule has 2 rings (SSSR count). The highest BCUT2D eigenvalue weighted by Crippen LogP contribution is 2.14. The zero-order valence-corrected chi connectivity index (χ0v) is 6.57. The number of hydrogen-bond acceptors (Lipinski definition) is 2. The van der Waals surface area contributed by atoms with Crippen molar-refractivity contribution >= 4 is 5.71 Å². The van der Waals surface area contributed by atoms with Crippen LogP contribution in [0.15, 0.2) is 41.5 Å². The maximum Gasteiger partial charge on any atom is 0.115 e. The Morgan fingerprint density at radius 3 is 2.50 bits per heavy atom. The molecule has 0 fully saturated rings. The van der Waals surface area contributed by atoms with Crippen molar-refractivity contribution in [1.82, 2.24) is 0 Å². The third kappa shape index (κ3) is 1.23. The van der Waals surface area contributed by atoms with Gasteiger partial charge in [0.05, 0.1) is 5.71 Å². The summed E-state index contributed by atoms with van der Waals surface area (Å²) < 4.78 is 0. The van der Waals surface area contributed by atoms with Gasteiger partial charge in [-0.25, -0.2) is 0 Å². The molecule has 0 aromatic heterocycles. The van der Waals surface area contributed by atoms with Crippen molar-refractivity contribution in [2.24, 2.45) is 4.99 Å². The van der Waals surface area contributed by atoms with Crippen LogP contribution in [0.1, 0.15) is 12.0 Å². The molecule has 1 aromatic carbocycles. The number of rotatable bonds is 1. The molecule has 2 nitrogen and oxygen atoms in total. The van der Waals surface area contributed by atoms with Gasteiger partial charge >= 0.3 is 0 Å². The van der Waals surface area contributed by atoms with Gasteiger partial charge in [-0.3, -0.25) is 4.99 Å². The average molecular weight is 159 g/mol. The molecule has 0 spiro atoms. The zero-order chi connectivity index (χ0) is 8.39. The van der Waals surface area contributed by atoms with E-state index in [0.717, 1.165) is 17.7 Å². The van der Waals surface area contributed by atoms with Gasteiger partial charge < -0.3 is 5.11 Å². The van der Waals surface area contributed by atoms with Gasteiger partial charge in [0.2, 0.25) is 0 Å². The van der Waals surface area contributed by atoms with Crippen molar-refractivity contribution < 1.29 is 5.11 Å². The molecule has 0 radical (unpaired) electrons. The summed E-state index contributed by atoms with van der Waals surface area (Å²) in [7, 11) is 0. The first-order valence-corrected chi connectivity index (χ1v) is 3.87. The molecule has 0 aliphatic carbocycles. The fraction of sp³-hybridized carbons (Fsp3) is 0.100. The highest BCUT2D eigenvalue weighted by molar-refractivity contribution is 6.03. The van der Waals surface area contributed by atoms with E-state index in [2.05, 4.69) is 4.99 Å². The lowest BCUT2D eigenvalue weighted by Gasteiger charge is -1.99. The minimum absolute atomic E-state index is 0.297. The Kier molecular flexibility index (Phi) is 1.67. The third-order valence-electron chi connectivity index (χ3n) is 1.85. The molecule has 0 unspecified atom stereocenters. The summed E-state index contributed by atoms with van der Waals surface area (Å²) in [5, 5.41) is 9.04. The van der Waals surface area contributed by atoms with E-state index in [-0.39, 0.29) is 0 Å². The highest BCUT2D eigenvalue weighted by Gasteiger charge is 2.03. The summed E-state index contributed by atoms with van der Waals surface area (Å²) >= 11 is 0. The summed E-state index contributed by atoms with van der Waals surface area (Å²) in [5.41, 5.74) is 2.15. The Hall–Kier alpha value is -1.57. The van der Waals surface area contributed by atoms with Crippen molar-refractivity contribution in [2.75, 3.05) is 0 Å². The van der Waals surface area contributed by atoms with Crippen LogP contribution in [0, 0.1) is 0 Å². The number of allylic oxidation sites excluding steroid dienone is 1. The lowest BCUT2D eigenvalue weighted by molar-refractivity contribution is 0.475. The first kappa shape index (κ1) is 7.10. The Morgan fingerprint density at radius 2 is 1.92 bits per heavy atom. The Balaban J connectivity index is 2.30. The molecule has 0 amide bonds. The van der Waals surface area contributed by atoms with Crippen molar-refractivity contribution in [3.8, 4) is 5.75 Å². The average Bonchev–Trinajstić information content (AvgIpc) is 2.58. The zero-order valence-electron chi connectivity index (χ0n) is 6.57. The van der Waals surface area contributed by atoms with Crippen LogP contribution in [0.4, 0.5) is 0 Å². The molecular weight excluding hydrogens is 150 g/mol. The first-order chi connectivity index (χ1) is 5.86. The lowest BCUT2D eigenvalue weighted by atomic mass is 10.1. The number of aromatic hydroxyl groups is 1. The van der Waals surface area contributed by atoms with Gasteiger partial charge in [-0.15, -0.1) is 0 Å². The molecule has 2 heteroatoms. The van der Waals surface area contributed by atoms with E-state index in [1.54, 1.807) is 12.1 Å². The second-order valence-electron chi connectivity index (χ2n) is 2.71. The topological polar surface area (TPSA) is 32.6 Å². The number of phenols is 1. The summed E-state index contributed by atoms with van der Waals surface area (Å²) in [4.78, 5) is 4.19. The molecule has 60 valence electrons. The Labute approximate surface area is 70.9 Å². The fourth-order valence-corrected chi connectivity index (χ4v) is 1.21. The number of benzene rings is 1. The Morgan fingerprint density at radius 1 is 1.17 bits per heavy atom. The maximum atomic E-state index is 9.04. The normalized spacial score (nSPS) is 14.8. The van der Waals surface area contributed by atoms with Gasteiger partial charge in [0.15, 0.2) is 0 Å².